The summed E-state index contributed by atoms with van der Waals surface area (Å²) in [5.41, 5.74) is 0. The minimum absolute atomic E-state index is 0.122. The number of hydrogen-bond donors (Lipinski definition) is 1. The van der Waals surface area contributed by atoms with E-state index < -0.39 is 5.97 Å². The molecule has 0 fully saturated rings. The molecule has 0 aliphatic rings. The lowest BCUT2D eigenvalue weighted by molar-refractivity contribution is -0.147. The predicted octanol–water partition coefficient (Wildman–Crippen LogP) is 1.78. The van der Waals surface area contributed by atoms with Gasteiger partial charge in [0.25, 0.3) is 5.91 Å². The summed E-state index contributed by atoms with van der Waals surface area (Å²) in [5, 5.41) is 8.83. The van der Waals surface area contributed by atoms with Crippen LogP contribution in [0.15, 0.2) is 30.3 Å². The molecule has 0 saturated carbocycles. The maximum Gasteiger partial charge on any atom is 0.323 e. The molecule has 1 amide bonds. The van der Waals surface area contributed by atoms with Crippen LogP contribution in [-0.2, 0) is 9.59 Å². The zero-order chi connectivity index (χ0) is 14.3. The number of carboxylic acids is 1. The molecule has 5 heteroatoms. The first-order valence-electron chi connectivity index (χ1n) is 6.23. The third kappa shape index (κ3) is 4.99. The Balaban J connectivity index is 2.59. The van der Waals surface area contributed by atoms with Gasteiger partial charge in [-0.2, -0.15) is 0 Å². The van der Waals surface area contributed by atoms with Gasteiger partial charge in [0.1, 0.15) is 12.3 Å². The summed E-state index contributed by atoms with van der Waals surface area (Å²) in [7, 11) is 0. The number of carboxylic acid groups (broad SMARTS) is 1. The number of para-hydroxylation sites is 1. The molecular weight excluding hydrogens is 246 g/mol. The Hall–Kier alpha value is -2.04. The quantitative estimate of drug-likeness (QED) is 0.816. The lowest BCUT2D eigenvalue weighted by Crippen LogP contribution is -2.44. The van der Waals surface area contributed by atoms with Gasteiger partial charge in [-0.3, -0.25) is 9.59 Å². The van der Waals surface area contributed by atoms with Crippen molar-refractivity contribution in [2.24, 2.45) is 0 Å². The maximum absolute atomic E-state index is 12.0. The number of ether oxygens (including phenoxy) is 1. The summed E-state index contributed by atoms with van der Waals surface area (Å²) in [5.74, 6) is -0.746. The van der Waals surface area contributed by atoms with Gasteiger partial charge in [-0.15, -0.1) is 0 Å². The zero-order valence-electron chi connectivity index (χ0n) is 11.2. The molecule has 1 unspecified atom stereocenters. The van der Waals surface area contributed by atoms with E-state index in [1.54, 1.807) is 12.1 Å². The van der Waals surface area contributed by atoms with Crippen LogP contribution in [0, 0.1) is 0 Å². The molecule has 1 atom stereocenters. The molecule has 0 radical (unpaired) electrons. The number of amides is 1. The van der Waals surface area contributed by atoms with Crippen LogP contribution in [-0.4, -0.2) is 41.1 Å². The first-order chi connectivity index (χ1) is 9.04. The zero-order valence-corrected chi connectivity index (χ0v) is 11.2. The summed E-state index contributed by atoms with van der Waals surface area (Å²) in [6.45, 7) is 3.28. The van der Waals surface area contributed by atoms with E-state index in [0.29, 0.717) is 12.2 Å². The van der Waals surface area contributed by atoms with E-state index in [2.05, 4.69) is 0 Å². The fourth-order valence-corrected chi connectivity index (χ4v) is 1.60. The van der Waals surface area contributed by atoms with E-state index in [1.165, 1.54) is 4.90 Å². The smallest absolute Gasteiger partial charge is 0.323 e. The fraction of sp³-hybridized carbons (Fsp3) is 0.429. The van der Waals surface area contributed by atoms with Crippen LogP contribution >= 0.6 is 0 Å². The van der Waals surface area contributed by atoms with Gasteiger partial charge >= 0.3 is 5.97 Å². The average Bonchev–Trinajstić information content (AvgIpc) is 2.42. The molecule has 0 aliphatic heterocycles. The number of aliphatic carboxylic acids is 1. The molecule has 0 heterocycles. The largest absolute Gasteiger partial charge is 0.484 e. The van der Waals surface area contributed by atoms with Gasteiger partial charge in [0, 0.05) is 6.04 Å². The van der Waals surface area contributed by atoms with Gasteiger partial charge < -0.3 is 14.7 Å². The van der Waals surface area contributed by atoms with E-state index >= 15 is 0 Å². The first-order valence-corrected chi connectivity index (χ1v) is 6.23. The van der Waals surface area contributed by atoms with Crippen molar-refractivity contribution in [2.45, 2.75) is 26.3 Å². The van der Waals surface area contributed by atoms with Crippen molar-refractivity contribution in [1.82, 2.24) is 4.90 Å². The molecule has 104 valence electrons. The van der Waals surface area contributed by atoms with Gasteiger partial charge in [-0.25, -0.2) is 0 Å². The molecular formula is C14H19NO4. The van der Waals surface area contributed by atoms with Crippen molar-refractivity contribution >= 4 is 11.9 Å². The van der Waals surface area contributed by atoms with Crippen molar-refractivity contribution < 1.29 is 19.4 Å². The average molecular weight is 265 g/mol. The van der Waals surface area contributed by atoms with Crippen molar-refractivity contribution in [3.05, 3.63) is 30.3 Å². The lowest BCUT2D eigenvalue weighted by Gasteiger charge is -2.26. The second-order valence-electron chi connectivity index (χ2n) is 4.27. The van der Waals surface area contributed by atoms with Crippen LogP contribution in [0.3, 0.4) is 0 Å². The van der Waals surface area contributed by atoms with Crippen molar-refractivity contribution in [2.75, 3.05) is 13.2 Å². The molecule has 1 aromatic rings. The highest BCUT2D eigenvalue weighted by atomic mass is 16.5. The molecule has 1 rings (SSSR count). The topological polar surface area (TPSA) is 66.8 Å². The van der Waals surface area contributed by atoms with E-state index in [4.69, 9.17) is 9.84 Å². The number of rotatable bonds is 7. The van der Waals surface area contributed by atoms with Crippen LogP contribution in [0.25, 0.3) is 0 Å². The Kier molecular flexibility index (Phi) is 5.85. The minimum atomic E-state index is -1.02. The van der Waals surface area contributed by atoms with E-state index in [0.717, 1.165) is 0 Å². The minimum Gasteiger partial charge on any atom is -0.484 e. The van der Waals surface area contributed by atoms with Crippen LogP contribution in [0.2, 0.25) is 0 Å². The third-order valence-corrected chi connectivity index (χ3v) is 2.85. The van der Waals surface area contributed by atoms with Gasteiger partial charge in [-0.1, -0.05) is 25.1 Å². The Morgan fingerprint density at radius 1 is 1.32 bits per heavy atom. The SMILES string of the molecule is CCC(C)N(CC(=O)O)C(=O)COc1ccccc1. The Morgan fingerprint density at radius 2 is 1.95 bits per heavy atom. The second kappa shape index (κ2) is 7.41. The fourth-order valence-electron chi connectivity index (χ4n) is 1.60. The monoisotopic (exact) mass is 265 g/mol. The summed E-state index contributed by atoms with van der Waals surface area (Å²) in [6, 6.07) is 8.84. The van der Waals surface area contributed by atoms with E-state index in [-0.39, 0.29) is 25.1 Å². The third-order valence-electron chi connectivity index (χ3n) is 2.85. The highest BCUT2D eigenvalue weighted by Gasteiger charge is 2.21. The van der Waals surface area contributed by atoms with Gasteiger partial charge in [-0.05, 0) is 25.5 Å². The predicted molar refractivity (Wildman–Crippen MR) is 71.0 cm³/mol. The second-order valence-corrected chi connectivity index (χ2v) is 4.27. The highest BCUT2D eigenvalue weighted by Crippen LogP contribution is 2.10. The molecule has 1 aromatic carbocycles. The maximum atomic E-state index is 12.0. The molecule has 19 heavy (non-hydrogen) atoms. The first kappa shape index (κ1) is 15.0. The van der Waals surface area contributed by atoms with Crippen molar-refractivity contribution in [3.8, 4) is 5.75 Å². The molecule has 0 aliphatic carbocycles. The Bertz CT molecular complexity index is 419. The van der Waals surface area contributed by atoms with Crippen LogP contribution in [0.1, 0.15) is 20.3 Å². The number of nitrogens with zero attached hydrogens (tertiary/aromatic N) is 1. The number of carbonyl (C=O) groups is 2. The van der Waals surface area contributed by atoms with E-state index in [9.17, 15) is 9.59 Å². The molecule has 1 N–H and O–H groups in total. The van der Waals surface area contributed by atoms with Gasteiger partial charge in [0.15, 0.2) is 6.61 Å². The van der Waals surface area contributed by atoms with Crippen LogP contribution in [0.5, 0.6) is 5.75 Å². The van der Waals surface area contributed by atoms with Crippen LogP contribution in [0.4, 0.5) is 0 Å². The summed E-state index contributed by atoms with van der Waals surface area (Å²) in [4.78, 5) is 24.1. The molecule has 0 bridgehead atoms. The van der Waals surface area contributed by atoms with Gasteiger partial charge in [0.05, 0.1) is 0 Å². The number of hydrogen-bond acceptors (Lipinski definition) is 3. The van der Waals surface area contributed by atoms with Crippen LogP contribution < -0.4 is 4.74 Å². The molecule has 0 aromatic heterocycles. The molecule has 0 spiro atoms. The molecule has 5 nitrogen and oxygen atoms in total. The van der Waals surface area contributed by atoms with Crippen molar-refractivity contribution in [1.29, 1.82) is 0 Å². The standard InChI is InChI=1S/C14H19NO4/c1-3-11(2)15(9-14(17)18)13(16)10-19-12-7-5-4-6-8-12/h4-8,11H,3,9-10H2,1-2H3,(H,17,18). The normalized spacial score (nSPS) is 11.7. The molecule has 0 saturated heterocycles. The Labute approximate surface area is 112 Å². The van der Waals surface area contributed by atoms with E-state index in [1.807, 2.05) is 32.0 Å². The van der Waals surface area contributed by atoms with Gasteiger partial charge in [0.2, 0.25) is 0 Å². The number of benzene rings is 1. The summed E-state index contributed by atoms with van der Waals surface area (Å²) < 4.78 is 5.34. The lowest BCUT2D eigenvalue weighted by atomic mass is 10.2. The van der Waals surface area contributed by atoms with Crippen molar-refractivity contribution in [3.63, 3.8) is 0 Å². The summed E-state index contributed by atoms with van der Waals surface area (Å²) >= 11 is 0. The summed E-state index contributed by atoms with van der Waals surface area (Å²) in [6.07, 6.45) is 0.699. The Morgan fingerprint density at radius 3 is 2.47 bits per heavy atom. The highest BCUT2D eigenvalue weighted by molar-refractivity contribution is 5.82. The number of carbonyl (C=O) groups excluding carboxylic acids is 1.